The fraction of sp³-hybridized carbons (Fsp3) is 0.500. The van der Waals surface area contributed by atoms with Gasteiger partial charge in [0.05, 0.1) is 5.69 Å². The maximum Gasteiger partial charge on any atom is 0.263 e. The molecule has 0 bridgehead atoms. The minimum Gasteiger partial charge on any atom is -0.396 e. The van der Waals surface area contributed by atoms with E-state index in [0.717, 1.165) is 57.5 Å². The number of anilines is 3. The molecule has 4 rings (SSSR count). The number of likely N-dealkylation sites (N-methyl/N-ethyl adjacent to an activating group) is 1. The minimum absolute atomic E-state index is 0.0972. The first kappa shape index (κ1) is 22.4. The molecule has 0 spiro atoms. The van der Waals surface area contributed by atoms with Crippen LogP contribution in [0.4, 0.5) is 17.1 Å². The second-order valence-corrected chi connectivity index (χ2v) is 8.93. The molecule has 8 heteroatoms. The number of aromatic amines is 1. The number of pyridine rings is 1. The minimum atomic E-state index is -0.425. The number of aliphatic hydroxyl groups excluding tert-OH is 1. The average molecular weight is 440 g/mol. The number of carbonyl (C=O) groups is 1. The first-order valence-corrected chi connectivity index (χ1v) is 11.5. The van der Waals surface area contributed by atoms with Gasteiger partial charge in [-0.1, -0.05) is 0 Å². The lowest BCUT2D eigenvalue weighted by molar-refractivity contribution is 0.102. The third-order valence-electron chi connectivity index (χ3n) is 6.65. The fourth-order valence-electron chi connectivity index (χ4n) is 4.55. The van der Waals surface area contributed by atoms with Crippen LogP contribution in [0.1, 0.15) is 36.0 Å². The zero-order valence-electron chi connectivity index (χ0n) is 18.6. The van der Waals surface area contributed by atoms with Gasteiger partial charge in [-0.3, -0.25) is 9.59 Å². The van der Waals surface area contributed by atoms with Crippen LogP contribution in [0.5, 0.6) is 0 Å². The number of hydrogen-bond donors (Lipinski definition) is 4. The highest BCUT2D eigenvalue weighted by Crippen LogP contribution is 2.27. The summed E-state index contributed by atoms with van der Waals surface area (Å²) < 4.78 is 0. The van der Waals surface area contributed by atoms with E-state index in [9.17, 15) is 14.7 Å². The van der Waals surface area contributed by atoms with E-state index in [2.05, 4.69) is 32.5 Å². The largest absolute Gasteiger partial charge is 0.396 e. The lowest BCUT2D eigenvalue weighted by Crippen LogP contribution is -2.44. The Morgan fingerprint density at radius 2 is 1.75 bits per heavy atom. The van der Waals surface area contributed by atoms with E-state index < -0.39 is 11.5 Å². The molecular formula is C24H33N5O3. The van der Waals surface area contributed by atoms with Crippen LogP contribution in [0.25, 0.3) is 0 Å². The van der Waals surface area contributed by atoms with Crippen molar-refractivity contribution in [3.8, 4) is 0 Å². The van der Waals surface area contributed by atoms with Crippen molar-refractivity contribution in [2.75, 3.05) is 55.4 Å². The molecule has 2 aliphatic rings. The molecule has 2 aromatic rings. The predicted molar refractivity (Wildman–Crippen MR) is 128 cm³/mol. The maximum absolute atomic E-state index is 13.0. The molecule has 0 unspecified atom stereocenters. The second kappa shape index (κ2) is 10.2. The van der Waals surface area contributed by atoms with Gasteiger partial charge >= 0.3 is 0 Å². The topological polar surface area (TPSA) is 101 Å². The number of nitrogens with zero attached hydrogens (tertiary/aromatic N) is 2. The van der Waals surface area contributed by atoms with Gasteiger partial charge in [0.2, 0.25) is 0 Å². The van der Waals surface area contributed by atoms with E-state index in [0.29, 0.717) is 17.3 Å². The second-order valence-electron chi connectivity index (χ2n) is 8.93. The van der Waals surface area contributed by atoms with Crippen LogP contribution in [-0.2, 0) is 0 Å². The Kier molecular flexibility index (Phi) is 7.12. The Morgan fingerprint density at radius 1 is 1.06 bits per heavy atom. The first-order valence-electron chi connectivity index (χ1n) is 11.5. The third-order valence-corrected chi connectivity index (χ3v) is 6.65. The summed E-state index contributed by atoms with van der Waals surface area (Å²) in [4.78, 5) is 32.8. The third kappa shape index (κ3) is 5.31. The van der Waals surface area contributed by atoms with Crippen molar-refractivity contribution >= 4 is 23.0 Å². The van der Waals surface area contributed by atoms with Gasteiger partial charge in [-0.15, -0.1) is 0 Å². The van der Waals surface area contributed by atoms with Crippen LogP contribution in [0, 0.1) is 5.92 Å². The average Bonchev–Trinajstić information content (AvgIpc) is 2.81. The number of aliphatic hydroxyl groups is 1. The Hall–Kier alpha value is -2.84. The number of hydrogen-bond acceptors (Lipinski definition) is 6. The SMILES string of the molecule is CN1CCN(c2ccc(NC(=O)c3c(NC4CCC(CO)CC4)cc[nH]c3=O)cc2)CC1. The maximum atomic E-state index is 13.0. The monoisotopic (exact) mass is 439 g/mol. The van der Waals surface area contributed by atoms with Gasteiger partial charge < -0.3 is 30.5 Å². The fourth-order valence-corrected chi connectivity index (χ4v) is 4.55. The van der Waals surface area contributed by atoms with Crippen molar-refractivity contribution in [3.05, 3.63) is 52.4 Å². The van der Waals surface area contributed by atoms with Crippen LogP contribution in [-0.4, -0.2) is 66.8 Å². The van der Waals surface area contributed by atoms with Gasteiger partial charge in [0.1, 0.15) is 5.56 Å². The van der Waals surface area contributed by atoms with E-state index >= 15 is 0 Å². The Labute approximate surface area is 188 Å². The summed E-state index contributed by atoms with van der Waals surface area (Å²) >= 11 is 0. The van der Waals surface area contributed by atoms with E-state index in [4.69, 9.17) is 0 Å². The highest BCUT2D eigenvalue weighted by atomic mass is 16.3. The van der Waals surface area contributed by atoms with Gasteiger partial charge in [-0.25, -0.2) is 0 Å². The molecular weight excluding hydrogens is 406 g/mol. The van der Waals surface area contributed by atoms with Crippen LogP contribution in [0.15, 0.2) is 41.3 Å². The van der Waals surface area contributed by atoms with Crippen LogP contribution in [0.3, 0.4) is 0 Å². The number of rotatable bonds is 6. The number of amides is 1. The van der Waals surface area contributed by atoms with E-state index in [-0.39, 0.29) is 18.2 Å². The van der Waals surface area contributed by atoms with Crippen LogP contribution >= 0.6 is 0 Å². The van der Waals surface area contributed by atoms with Crippen molar-refractivity contribution in [1.29, 1.82) is 0 Å². The molecule has 2 heterocycles. The van der Waals surface area contributed by atoms with E-state index in [1.54, 1.807) is 12.3 Å². The number of H-pyrrole nitrogens is 1. The summed E-state index contributed by atoms with van der Waals surface area (Å²) in [6.45, 7) is 4.26. The molecule has 32 heavy (non-hydrogen) atoms. The van der Waals surface area contributed by atoms with Crippen LogP contribution < -0.4 is 21.1 Å². The molecule has 1 aliphatic carbocycles. The van der Waals surface area contributed by atoms with Gasteiger partial charge in [0.15, 0.2) is 0 Å². The first-order chi connectivity index (χ1) is 15.5. The zero-order valence-corrected chi connectivity index (χ0v) is 18.6. The Bertz CT molecular complexity index is 958. The van der Waals surface area contributed by atoms with Crippen molar-refractivity contribution in [2.45, 2.75) is 31.7 Å². The Balaban J connectivity index is 1.42. The van der Waals surface area contributed by atoms with Crippen molar-refractivity contribution in [3.63, 3.8) is 0 Å². The predicted octanol–water partition coefficient (Wildman–Crippen LogP) is 2.34. The molecule has 1 aromatic carbocycles. The summed E-state index contributed by atoms with van der Waals surface area (Å²) in [6, 6.07) is 9.71. The molecule has 1 aliphatic heterocycles. The molecule has 0 radical (unpaired) electrons. The molecule has 0 atom stereocenters. The van der Waals surface area contributed by atoms with Gasteiger partial charge in [-0.05, 0) is 69.0 Å². The normalized spacial score (nSPS) is 21.9. The molecule has 1 aromatic heterocycles. The summed E-state index contributed by atoms with van der Waals surface area (Å²) in [6.07, 6.45) is 5.27. The lowest BCUT2D eigenvalue weighted by atomic mass is 9.86. The number of carbonyl (C=O) groups excluding carboxylic acids is 1. The highest BCUT2D eigenvalue weighted by molar-refractivity contribution is 6.07. The zero-order chi connectivity index (χ0) is 22.5. The summed E-state index contributed by atoms with van der Waals surface area (Å²) in [7, 11) is 2.13. The molecule has 8 nitrogen and oxygen atoms in total. The number of piperazine rings is 1. The number of benzene rings is 1. The van der Waals surface area contributed by atoms with Gasteiger partial charge in [0, 0.05) is 56.4 Å². The van der Waals surface area contributed by atoms with Crippen molar-refractivity contribution in [2.24, 2.45) is 5.92 Å². The quantitative estimate of drug-likeness (QED) is 0.551. The Morgan fingerprint density at radius 3 is 2.41 bits per heavy atom. The van der Waals surface area contributed by atoms with Gasteiger partial charge in [-0.2, -0.15) is 0 Å². The molecule has 1 amide bonds. The summed E-state index contributed by atoms with van der Waals surface area (Å²) in [5.74, 6) is -0.0745. The molecule has 2 fully saturated rings. The molecule has 1 saturated heterocycles. The number of nitrogens with one attached hydrogen (secondary N) is 3. The standard InChI is InChI=1S/C24H33N5O3/c1-28-12-14-29(15-13-28)20-8-6-19(7-9-20)27-24(32)22-21(10-11-25-23(22)31)26-18-4-2-17(16-30)3-5-18/h6-11,17-18,30H,2-5,12-16H2,1H3,(H,27,32)(H2,25,26,31). The smallest absolute Gasteiger partial charge is 0.263 e. The molecule has 4 N–H and O–H groups in total. The summed E-state index contributed by atoms with van der Waals surface area (Å²) in [5, 5.41) is 15.6. The van der Waals surface area contributed by atoms with Crippen molar-refractivity contribution < 1.29 is 9.90 Å². The molecule has 172 valence electrons. The van der Waals surface area contributed by atoms with E-state index in [1.165, 1.54) is 0 Å². The van der Waals surface area contributed by atoms with Crippen LogP contribution in [0.2, 0.25) is 0 Å². The number of aromatic nitrogens is 1. The van der Waals surface area contributed by atoms with Crippen molar-refractivity contribution in [1.82, 2.24) is 9.88 Å². The van der Waals surface area contributed by atoms with E-state index in [1.807, 2.05) is 24.3 Å². The highest BCUT2D eigenvalue weighted by Gasteiger charge is 2.23. The van der Waals surface area contributed by atoms with Gasteiger partial charge in [0.25, 0.3) is 11.5 Å². The molecule has 1 saturated carbocycles. The lowest BCUT2D eigenvalue weighted by Gasteiger charge is -2.34. The summed E-state index contributed by atoms with van der Waals surface area (Å²) in [5.41, 5.74) is 2.03.